The number of hydrogen-bond acceptors (Lipinski definition) is 3. The highest BCUT2D eigenvalue weighted by Crippen LogP contribution is 2.39. The monoisotopic (exact) mass is 353 g/mol. The average molecular weight is 355 g/mol. The molecule has 0 radical (unpaired) electrons. The van der Waals surface area contributed by atoms with Crippen LogP contribution in [0.5, 0.6) is 0 Å². The predicted octanol–water partition coefficient (Wildman–Crippen LogP) is 3.39. The van der Waals surface area contributed by atoms with E-state index in [0.29, 0.717) is 0 Å². The van der Waals surface area contributed by atoms with Gasteiger partial charge in [0.15, 0.2) is 11.6 Å². The zero-order chi connectivity index (χ0) is 11.2. The van der Waals surface area contributed by atoms with Gasteiger partial charge >= 0.3 is 0 Å². The number of hydrogen-bond donors (Lipinski definition) is 1. The van der Waals surface area contributed by atoms with E-state index in [1.165, 1.54) is 16.0 Å². The molecule has 15 heavy (non-hydrogen) atoms. The van der Waals surface area contributed by atoms with Crippen molar-refractivity contribution in [1.29, 1.82) is 0 Å². The summed E-state index contributed by atoms with van der Waals surface area (Å²) < 4.78 is 16.7. The summed E-state index contributed by atoms with van der Waals surface area (Å²) in [6.45, 7) is 0. The molecule has 80 valence electrons. The SMILES string of the molecule is Cn1nc(-c2cc(Br)c(Br)s2)c(F)c1N. The first-order valence-corrected chi connectivity index (χ1v) is 6.34. The second-order valence-electron chi connectivity index (χ2n) is 2.90. The van der Waals surface area contributed by atoms with Gasteiger partial charge in [-0.3, -0.25) is 0 Å². The minimum atomic E-state index is -0.473. The average Bonchev–Trinajstić information content (AvgIpc) is 2.63. The van der Waals surface area contributed by atoms with Crippen LogP contribution < -0.4 is 5.73 Å². The smallest absolute Gasteiger partial charge is 0.193 e. The quantitative estimate of drug-likeness (QED) is 0.852. The van der Waals surface area contributed by atoms with Gasteiger partial charge in [-0.2, -0.15) is 5.10 Å². The summed E-state index contributed by atoms with van der Waals surface area (Å²) in [6.07, 6.45) is 0. The maximum atomic E-state index is 13.6. The Morgan fingerprint density at radius 3 is 2.60 bits per heavy atom. The molecule has 2 aromatic rings. The van der Waals surface area contributed by atoms with Crippen LogP contribution in [0.4, 0.5) is 10.2 Å². The number of nitrogens with zero attached hydrogens (tertiary/aromatic N) is 2. The van der Waals surface area contributed by atoms with Crippen molar-refractivity contribution in [3.05, 3.63) is 20.1 Å². The molecule has 0 aromatic carbocycles. The molecule has 0 unspecified atom stereocenters. The van der Waals surface area contributed by atoms with Crippen molar-refractivity contribution in [3.63, 3.8) is 0 Å². The van der Waals surface area contributed by atoms with Crippen LogP contribution in [-0.2, 0) is 7.05 Å². The molecule has 0 aliphatic heterocycles. The second kappa shape index (κ2) is 3.88. The lowest BCUT2D eigenvalue weighted by atomic mass is 10.3. The summed E-state index contributed by atoms with van der Waals surface area (Å²) in [7, 11) is 1.61. The van der Waals surface area contributed by atoms with Crippen LogP contribution in [0.15, 0.2) is 14.3 Å². The maximum Gasteiger partial charge on any atom is 0.193 e. The van der Waals surface area contributed by atoms with Crippen molar-refractivity contribution in [2.75, 3.05) is 5.73 Å². The molecule has 2 heterocycles. The highest BCUT2D eigenvalue weighted by Gasteiger charge is 2.18. The van der Waals surface area contributed by atoms with Crippen LogP contribution in [0, 0.1) is 5.82 Å². The van der Waals surface area contributed by atoms with Crippen LogP contribution in [0.2, 0.25) is 0 Å². The number of aromatic nitrogens is 2. The molecule has 2 rings (SSSR count). The van der Waals surface area contributed by atoms with Gasteiger partial charge in [-0.25, -0.2) is 9.07 Å². The summed E-state index contributed by atoms with van der Waals surface area (Å²) in [4.78, 5) is 0.735. The maximum absolute atomic E-state index is 13.6. The Morgan fingerprint density at radius 2 is 2.20 bits per heavy atom. The Balaban J connectivity index is 2.59. The third-order valence-electron chi connectivity index (χ3n) is 1.91. The molecule has 0 bridgehead atoms. The van der Waals surface area contributed by atoms with Crippen LogP contribution in [0.1, 0.15) is 0 Å². The fraction of sp³-hybridized carbons (Fsp3) is 0.125. The van der Waals surface area contributed by atoms with Gasteiger partial charge in [0.1, 0.15) is 5.69 Å². The van der Waals surface area contributed by atoms with Gasteiger partial charge < -0.3 is 5.73 Å². The third kappa shape index (κ3) is 1.83. The lowest BCUT2D eigenvalue weighted by molar-refractivity contribution is 0.634. The van der Waals surface area contributed by atoms with Crippen LogP contribution in [0.25, 0.3) is 10.6 Å². The Bertz CT molecular complexity index is 501. The Hall–Kier alpha value is -0.400. The fourth-order valence-corrected chi connectivity index (χ4v) is 3.15. The Labute approximate surface area is 106 Å². The van der Waals surface area contributed by atoms with E-state index in [1.807, 2.05) is 0 Å². The molecular formula is C8H6Br2FN3S. The largest absolute Gasteiger partial charge is 0.381 e. The number of halogens is 3. The van der Waals surface area contributed by atoms with E-state index < -0.39 is 5.82 Å². The second-order valence-corrected chi connectivity index (χ2v) is 6.13. The highest BCUT2D eigenvalue weighted by molar-refractivity contribution is 9.13. The van der Waals surface area contributed by atoms with E-state index in [4.69, 9.17) is 5.73 Å². The molecular weight excluding hydrogens is 349 g/mol. The number of nitrogens with two attached hydrogens (primary N) is 1. The van der Waals surface area contributed by atoms with Crippen molar-refractivity contribution in [2.45, 2.75) is 0 Å². The Kier molecular flexibility index (Phi) is 2.87. The van der Waals surface area contributed by atoms with E-state index in [0.717, 1.165) is 13.1 Å². The molecule has 0 spiro atoms. The van der Waals surface area contributed by atoms with Crippen molar-refractivity contribution in [1.82, 2.24) is 9.78 Å². The summed E-state index contributed by atoms with van der Waals surface area (Å²) in [5, 5.41) is 4.02. The molecule has 0 aliphatic carbocycles. The van der Waals surface area contributed by atoms with Crippen molar-refractivity contribution >= 4 is 49.0 Å². The summed E-state index contributed by atoms with van der Waals surface area (Å²) in [5.41, 5.74) is 5.78. The lowest BCUT2D eigenvalue weighted by Crippen LogP contribution is -1.97. The Morgan fingerprint density at radius 1 is 1.53 bits per heavy atom. The number of thiophene rings is 1. The van der Waals surface area contributed by atoms with E-state index in [1.54, 1.807) is 13.1 Å². The van der Waals surface area contributed by atoms with Gasteiger partial charge in [-0.1, -0.05) is 0 Å². The first-order chi connectivity index (χ1) is 7.00. The van der Waals surface area contributed by atoms with Gasteiger partial charge in [0.25, 0.3) is 0 Å². The van der Waals surface area contributed by atoms with Gasteiger partial charge in [0, 0.05) is 11.5 Å². The van der Waals surface area contributed by atoms with Gasteiger partial charge in [0.2, 0.25) is 0 Å². The number of rotatable bonds is 1. The van der Waals surface area contributed by atoms with Crippen LogP contribution in [0.3, 0.4) is 0 Å². The summed E-state index contributed by atoms with van der Waals surface area (Å²) in [5.74, 6) is -0.426. The zero-order valence-electron chi connectivity index (χ0n) is 7.59. The molecule has 0 saturated carbocycles. The fourth-order valence-electron chi connectivity index (χ4n) is 1.13. The first-order valence-electron chi connectivity index (χ1n) is 3.94. The minimum Gasteiger partial charge on any atom is -0.381 e. The van der Waals surface area contributed by atoms with Gasteiger partial charge in [0.05, 0.1) is 8.66 Å². The molecule has 0 aliphatic rings. The lowest BCUT2D eigenvalue weighted by Gasteiger charge is -1.88. The third-order valence-corrected chi connectivity index (χ3v) is 5.17. The van der Waals surface area contributed by atoms with Crippen molar-refractivity contribution in [2.24, 2.45) is 7.05 Å². The standard InChI is InChI=1S/C8H6Br2FN3S/c1-14-8(12)5(11)6(13-14)4-2-3(9)7(10)15-4/h2H,12H2,1H3. The molecule has 2 N–H and O–H groups in total. The van der Waals surface area contributed by atoms with E-state index in [9.17, 15) is 4.39 Å². The number of anilines is 1. The zero-order valence-corrected chi connectivity index (χ0v) is 11.6. The molecule has 2 aromatic heterocycles. The summed E-state index contributed by atoms with van der Waals surface area (Å²) in [6, 6.07) is 1.81. The van der Waals surface area contributed by atoms with Gasteiger partial charge in [-0.15, -0.1) is 11.3 Å². The van der Waals surface area contributed by atoms with E-state index in [-0.39, 0.29) is 11.5 Å². The molecule has 7 heteroatoms. The highest BCUT2D eigenvalue weighted by atomic mass is 79.9. The van der Waals surface area contributed by atoms with Gasteiger partial charge in [-0.05, 0) is 37.9 Å². The molecule has 0 amide bonds. The number of nitrogen functional groups attached to an aromatic ring is 1. The minimum absolute atomic E-state index is 0.0469. The number of aryl methyl sites for hydroxylation is 1. The first kappa shape index (κ1) is 11.1. The van der Waals surface area contributed by atoms with E-state index >= 15 is 0 Å². The molecule has 0 saturated heterocycles. The van der Waals surface area contributed by atoms with Crippen molar-refractivity contribution in [3.8, 4) is 10.6 Å². The molecule has 3 nitrogen and oxygen atoms in total. The molecule has 0 fully saturated rings. The van der Waals surface area contributed by atoms with Crippen LogP contribution >= 0.6 is 43.2 Å². The topological polar surface area (TPSA) is 43.8 Å². The van der Waals surface area contributed by atoms with Crippen molar-refractivity contribution < 1.29 is 4.39 Å². The normalized spacial score (nSPS) is 10.9. The van der Waals surface area contributed by atoms with Crippen LogP contribution in [-0.4, -0.2) is 9.78 Å². The summed E-state index contributed by atoms with van der Waals surface area (Å²) >= 11 is 8.09. The predicted molar refractivity (Wildman–Crippen MR) is 66.3 cm³/mol. The van der Waals surface area contributed by atoms with E-state index in [2.05, 4.69) is 37.0 Å². The molecule has 0 atom stereocenters.